The first-order valence-electron chi connectivity index (χ1n) is 6.34. The van der Waals surface area contributed by atoms with Crippen LogP contribution < -0.4 is 0 Å². The SMILES string of the molecule is N#CC1CCCCCC1CCCCCCl. The molecule has 0 bridgehead atoms. The van der Waals surface area contributed by atoms with Crippen LogP contribution in [0.1, 0.15) is 57.8 Å². The molecule has 0 heterocycles. The Hall–Kier alpha value is -0.220. The van der Waals surface area contributed by atoms with Crippen molar-refractivity contribution in [3.63, 3.8) is 0 Å². The largest absolute Gasteiger partial charge is 0.198 e. The lowest BCUT2D eigenvalue weighted by Gasteiger charge is -2.18. The predicted molar refractivity (Wildman–Crippen MR) is 64.9 cm³/mol. The van der Waals surface area contributed by atoms with Crippen molar-refractivity contribution in [1.29, 1.82) is 5.26 Å². The first kappa shape index (κ1) is 12.8. The van der Waals surface area contributed by atoms with E-state index in [-0.39, 0.29) is 0 Å². The van der Waals surface area contributed by atoms with Crippen LogP contribution >= 0.6 is 11.6 Å². The lowest BCUT2D eigenvalue weighted by Crippen LogP contribution is -2.11. The van der Waals surface area contributed by atoms with Crippen molar-refractivity contribution < 1.29 is 0 Å². The Morgan fingerprint density at radius 2 is 1.87 bits per heavy atom. The van der Waals surface area contributed by atoms with Gasteiger partial charge in [0.05, 0.1) is 6.07 Å². The molecule has 0 aliphatic heterocycles. The average molecular weight is 228 g/mol. The molecular formula is C13H22ClN. The molecule has 86 valence electrons. The molecule has 0 N–H and O–H groups in total. The van der Waals surface area contributed by atoms with Gasteiger partial charge in [-0.05, 0) is 31.6 Å². The van der Waals surface area contributed by atoms with Crippen molar-refractivity contribution in [1.82, 2.24) is 0 Å². The Balaban J connectivity index is 2.26. The number of rotatable bonds is 5. The molecule has 2 heteroatoms. The minimum Gasteiger partial charge on any atom is -0.198 e. The van der Waals surface area contributed by atoms with Gasteiger partial charge < -0.3 is 0 Å². The van der Waals surface area contributed by atoms with E-state index in [1.54, 1.807) is 0 Å². The summed E-state index contributed by atoms with van der Waals surface area (Å²) in [5.74, 6) is 1.79. The highest BCUT2D eigenvalue weighted by Gasteiger charge is 2.22. The van der Waals surface area contributed by atoms with E-state index in [9.17, 15) is 0 Å². The fourth-order valence-electron chi connectivity index (χ4n) is 2.58. The van der Waals surface area contributed by atoms with E-state index in [1.165, 1.54) is 44.9 Å². The molecule has 0 radical (unpaired) electrons. The highest BCUT2D eigenvalue weighted by Crippen LogP contribution is 2.31. The van der Waals surface area contributed by atoms with Crippen molar-refractivity contribution in [2.45, 2.75) is 57.8 Å². The second-order valence-corrected chi connectivity index (χ2v) is 5.05. The van der Waals surface area contributed by atoms with Crippen LogP contribution in [-0.2, 0) is 0 Å². The highest BCUT2D eigenvalue weighted by atomic mass is 35.5. The molecular weight excluding hydrogens is 206 g/mol. The molecule has 1 aliphatic carbocycles. The molecule has 1 fully saturated rings. The summed E-state index contributed by atoms with van der Waals surface area (Å²) in [7, 11) is 0. The van der Waals surface area contributed by atoms with Crippen LogP contribution in [0, 0.1) is 23.2 Å². The summed E-state index contributed by atoms with van der Waals surface area (Å²) in [6.45, 7) is 0. The number of alkyl halides is 1. The van der Waals surface area contributed by atoms with Gasteiger partial charge in [0, 0.05) is 11.8 Å². The molecule has 2 atom stereocenters. The molecule has 1 rings (SSSR count). The number of halogens is 1. The van der Waals surface area contributed by atoms with E-state index in [0.717, 1.165) is 18.7 Å². The van der Waals surface area contributed by atoms with E-state index in [2.05, 4.69) is 6.07 Å². The van der Waals surface area contributed by atoms with E-state index in [0.29, 0.717) is 11.8 Å². The van der Waals surface area contributed by atoms with Gasteiger partial charge in [-0.15, -0.1) is 11.6 Å². The average Bonchev–Trinajstić information content (AvgIpc) is 2.49. The van der Waals surface area contributed by atoms with Gasteiger partial charge in [0.2, 0.25) is 0 Å². The summed E-state index contributed by atoms with van der Waals surface area (Å²) >= 11 is 5.65. The number of nitrogens with zero attached hydrogens (tertiary/aromatic N) is 1. The minimum atomic E-state index is 0.337. The Bertz CT molecular complexity index is 197. The van der Waals surface area contributed by atoms with Crippen molar-refractivity contribution in [3.8, 4) is 6.07 Å². The highest BCUT2D eigenvalue weighted by molar-refractivity contribution is 6.17. The van der Waals surface area contributed by atoms with E-state index in [4.69, 9.17) is 16.9 Å². The van der Waals surface area contributed by atoms with Crippen molar-refractivity contribution in [2.75, 3.05) is 5.88 Å². The van der Waals surface area contributed by atoms with Crippen LogP contribution in [0.25, 0.3) is 0 Å². The first-order valence-corrected chi connectivity index (χ1v) is 6.87. The minimum absolute atomic E-state index is 0.337. The zero-order chi connectivity index (χ0) is 10.9. The molecule has 2 unspecified atom stereocenters. The summed E-state index contributed by atoms with van der Waals surface area (Å²) in [4.78, 5) is 0. The smallest absolute Gasteiger partial charge is 0.0658 e. The molecule has 0 aromatic heterocycles. The van der Waals surface area contributed by atoms with Crippen LogP contribution in [0.5, 0.6) is 0 Å². The second-order valence-electron chi connectivity index (χ2n) is 4.67. The van der Waals surface area contributed by atoms with E-state index >= 15 is 0 Å². The molecule has 0 amide bonds. The number of hydrogen-bond acceptors (Lipinski definition) is 1. The molecule has 0 saturated heterocycles. The lowest BCUT2D eigenvalue weighted by atomic mass is 9.85. The lowest BCUT2D eigenvalue weighted by molar-refractivity contribution is 0.344. The molecule has 1 saturated carbocycles. The Kier molecular flexibility index (Phi) is 6.85. The Labute approximate surface area is 98.8 Å². The third-order valence-electron chi connectivity index (χ3n) is 3.53. The van der Waals surface area contributed by atoms with Crippen molar-refractivity contribution >= 4 is 11.6 Å². The number of nitriles is 1. The summed E-state index contributed by atoms with van der Waals surface area (Å²) in [5, 5.41) is 9.12. The van der Waals surface area contributed by atoms with Crippen molar-refractivity contribution in [2.24, 2.45) is 11.8 Å². The second kappa shape index (κ2) is 7.99. The molecule has 0 aromatic rings. The number of hydrogen-bond donors (Lipinski definition) is 0. The molecule has 15 heavy (non-hydrogen) atoms. The van der Waals surface area contributed by atoms with Crippen LogP contribution in [0.15, 0.2) is 0 Å². The quantitative estimate of drug-likeness (QED) is 0.385. The normalized spacial score (nSPS) is 26.9. The maximum Gasteiger partial charge on any atom is 0.0658 e. The summed E-state index contributed by atoms with van der Waals surface area (Å²) in [6, 6.07) is 2.51. The third kappa shape index (κ3) is 4.89. The monoisotopic (exact) mass is 227 g/mol. The van der Waals surface area contributed by atoms with Crippen LogP contribution in [-0.4, -0.2) is 5.88 Å². The van der Waals surface area contributed by atoms with Gasteiger partial charge in [-0.1, -0.05) is 32.1 Å². The van der Waals surface area contributed by atoms with Gasteiger partial charge in [0.25, 0.3) is 0 Å². The number of unbranched alkanes of at least 4 members (excludes halogenated alkanes) is 2. The molecule has 0 aromatic carbocycles. The van der Waals surface area contributed by atoms with E-state index < -0.39 is 0 Å². The predicted octanol–water partition coefficient (Wildman–Crippen LogP) is 4.51. The molecule has 0 spiro atoms. The molecule has 1 aliphatic rings. The Morgan fingerprint density at radius 1 is 1.07 bits per heavy atom. The summed E-state index contributed by atoms with van der Waals surface area (Å²) < 4.78 is 0. The Morgan fingerprint density at radius 3 is 2.60 bits per heavy atom. The summed E-state index contributed by atoms with van der Waals surface area (Å²) in [5.41, 5.74) is 0. The maximum absolute atomic E-state index is 9.12. The van der Waals surface area contributed by atoms with Crippen molar-refractivity contribution in [3.05, 3.63) is 0 Å². The van der Waals surface area contributed by atoms with Crippen LogP contribution in [0.3, 0.4) is 0 Å². The standard InChI is InChI=1S/C13H22ClN/c14-10-6-2-5-8-12-7-3-1-4-9-13(12)11-15/h12-13H,1-10H2. The van der Waals surface area contributed by atoms with Gasteiger partial charge in [-0.2, -0.15) is 5.26 Å². The van der Waals surface area contributed by atoms with Gasteiger partial charge >= 0.3 is 0 Å². The topological polar surface area (TPSA) is 23.8 Å². The zero-order valence-electron chi connectivity index (χ0n) is 9.55. The van der Waals surface area contributed by atoms with E-state index in [1.807, 2.05) is 0 Å². The van der Waals surface area contributed by atoms with Crippen LogP contribution in [0.4, 0.5) is 0 Å². The van der Waals surface area contributed by atoms with Gasteiger partial charge in [-0.25, -0.2) is 0 Å². The maximum atomic E-state index is 9.12. The zero-order valence-corrected chi connectivity index (χ0v) is 10.3. The van der Waals surface area contributed by atoms with Crippen LogP contribution in [0.2, 0.25) is 0 Å². The third-order valence-corrected chi connectivity index (χ3v) is 3.80. The summed E-state index contributed by atoms with van der Waals surface area (Å²) in [6.07, 6.45) is 11.2. The fourth-order valence-corrected chi connectivity index (χ4v) is 2.77. The van der Waals surface area contributed by atoms with Gasteiger partial charge in [0.1, 0.15) is 0 Å². The molecule has 1 nitrogen and oxygen atoms in total. The van der Waals surface area contributed by atoms with Gasteiger partial charge in [-0.3, -0.25) is 0 Å². The first-order chi connectivity index (χ1) is 7.38. The van der Waals surface area contributed by atoms with Gasteiger partial charge in [0.15, 0.2) is 0 Å². The fraction of sp³-hybridized carbons (Fsp3) is 0.923.